The zero-order chi connectivity index (χ0) is 24.0. The predicted octanol–water partition coefficient (Wildman–Crippen LogP) is 4.32. The summed E-state index contributed by atoms with van der Waals surface area (Å²) >= 11 is 1.28. The number of ether oxygens (including phenoxy) is 1. The van der Waals surface area contributed by atoms with Gasteiger partial charge in [-0.15, -0.1) is 11.8 Å². The Morgan fingerprint density at radius 1 is 0.848 bits per heavy atom. The molecule has 3 aromatic rings. The second kappa shape index (κ2) is 10.5. The number of ketones is 1. The summed E-state index contributed by atoms with van der Waals surface area (Å²) < 4.78 is 5.22. The van der Waals surface area contributed by atoms with Crippen LogP contribution in [0.3, 0.4) is 0 Å². The first-order chi connectivity index (χ1) is 15.8. The van der Waals surface area contributed by atoms with Crippen molar-refractivity contribution in [2.75, 3.05) is 18.2 Å². The number of thioether (sulfide) groups is 1. The second-order valence-corrected chi connectivity index (χ2v) is 7.81. The number of Topliss-reactive ketones (excluding diaryl/α,β-unsaturated/α-hetero) is 1. The normalized spacial score (nSPS) is 10.3. The van der Waals surface area contributed by atoms with Crippen molar-refractivity contribution in [3.8, 4) is 5.75 Å². The third kappa shape index (κ3) is 5.78. The summed E-state index contributed by atoms with van der Waals surface area (Å²) in [6.45, 7) is 0. The van der Waals surface area contributed by atoms with Crippen molar-refractivity contribution in [1.82, 2.24) is 0 Å². The summed E-state index contributed by atoms with van der Waals surface area (Å²) in [5, 5.41) is 21.0. The van der Waals surface area contributed by atoms with Gasteiger partial charge < -0.3 is 20.3 Å². The first kappa shape index (κ1) is 23.6. The molecule has 0 aliphatic carbocycles. The van der Waals surface area contributed by atoms with Crippen molar-refractivity contribution < 1.29 is 34.1 Å². The second-order valence-electron chi connectivity index (χ2n) is 6.76. The average molecular weight is 465 g/mol. The quantitative estimate of drug-likeness (QED) is 0.315. The number of anilines is 1. The molecule has 0 atom stereocenters. The van der Waals surface area contributed by atoms with Crippen LogP contribution in [0, 0.1) is 0 Å². The molecule has 8 nitrogen and oxygen atoms in total. The van der Waals surface area contributed by atoms with Crippen molar-refractivity contribution in [2.45, 2.75) is 4.90 Å². The Morgan fingerprint density at radius 3 is 2.30 bits per heavy atom. The molecule has 0 saturated heterocycles. The molecular weight excluding hydrogens is 446 g/mol. The van der Waals surface area contributed by atoms with Crippen LogP contribution in [-0.4, -0.2) is 46.7 Å². The van der Waals surface area contributed by atoms with E-state index in [1.807, 2.05) is 0 Å². The molecular formula is C24H19NO7S. The smallest absolute Gasteiger partial charge is 0.336 e. The summed E-state index contributed by atoms with van der Waals surface area (Å²) in [5.41, 5.74) is 0.0515. The first-order valence-electron chi connectivity index (χ1n) is 9.61. The highest BCUT2D eigenvalue weighted by atomic mass is 32.2. The minimum absolute atomic E-state index is 0.114. The summed E-state index contributed by atoms with van der Waals surface area (Å²) in [6, 6.07) is 16.9. The van der Waals surface area contributed by atoms with E-state index in [2.05, 4.69) is 5.32 Å². The van der Waals surface area contributed by atoms with Crippen LogP contribution >= 0.6 is 11.8 Å². The third-order valence-corrected chi connectivity index (χ3v) is 5.60. The van der Waals surface area contributed by atoms with Crippen LogP contribution in [0.1, 0.15) is 41.4 Å². The van der Waals surface area contributed by atoms with Crippen molar-refractivity contribution in [1.29, 1.82) is 0 Å². The Hall–Kier alpha value is -4.11. The molecule has 168 valence electrons. The topological polar surface area (TPSA) is 130 Å². The zero-order valence-corrected chi connectivity index (χ0v) is 18.2. The van der Waals surface area contributed by atoms with Crippen LogP contribution in [0.25, 0.3) is 0 Å². The summed E-state index contributed by atoms with van der Waals surface area (Å²) in [6.07, 6.45) is 0. The number of amides is 1. The van der Waals surface area contributed by atoms with Crippen LogP contribution in [0.2, 0.25) is 0 Å². The molecule has 9 heteroatoms. The maximum Gasteiger partial charge on any atom is 0.336 e. The lowest BCUT2D eigenvalue weighted by Crippen LogP contribution is -2.17. The molecule has 3 N–H and O–H groups in total. The van der Waals surface area contributed by atoms with Crippen LogP contribution < -0.4 is 10.1 Å². The van der Waals surface area contributed by atoms with Crippen molar-refractivity contribution >= 4 is 41.1 Å². The molecule has 0 spiro atoms. The van der Waals surface area contributed by atoms with Crippen molar-refractivity contribution in [3.05, 3.63) is 89.0 Å². The Balaban J connectivity index is 1.73. The third-order valence-electron chi connectivity index (χ3n) is 4.61. The Bertz CT molecular complexity index is 1240. The van der Waals surface area contributed by atoms with E-state index in [0.717, 1.165) is 17.0 Å². The van der Waals surface area contributed by atoms with Crippen molar-refractivity contribution in [3.63, 3.8) is 0 Å². The summed E-state index contributed by atoms with van der Waals surface area (Å²) in [4.78, 5) is 48.5. The molecule has 1 amide bonds. The van der Waals surface area contributed by atoms with Gasteiger partial charge in [0.1, 0.15) is 5.75 Å². The van der Waals surface area contributed by atoms with E-state index < -0.39 is 23.4 Å². The number of carbonyl (C=O) groups is 4. The van der Waals surface area contributed by atoms with Gasteiger partial charge in [-0.1, -0.05) is 18.2 Å². The van der Waals surface area contributed by atoms with E-state index in [9.17, 15) is 24.3 Å². The van der Waals surface area contributed by atoms with Crippen molar-refractivity contribution in [2.24, 2.45) is 0 Å². The van der Waals surface area contributed by atoms with Gasteiger partial charge in [0.2, 0.25) is 0 Å². The van der Waals surface area contributed by atoms with E-state index >= 15 is 0 Å². The molecule has 0 aromatic heterocycles. The van der Waals surface area contributed by atoms with Gasteiger partial charge >= 0.3 is 11.9 Å². The molecule has 33 heavy (non-hydrogen) atoms. The fourth-order valence-corrected chi connectivity index (χ4v) is 3.85. The van der Waals surface area contributed by atoms with Gasteiger partial charge in [-0.05, 0) is 48.5 Å². The number of carbonyl (C=O) groups excluding carboxylic acids is 2. The number of aromatic carboxylic acids is 2. The highest BCUT2D eigenvalue weighted by Gasteiger charge is 2.19. The summed E-state index contributed by atoms with van der Waals surface area (Å²) in [7, 11) is 1.50. The van der Waals surface area contributed by atoms with E-state index in [1.165, 1.54) is 24.9 Å². The van der Waals surface area contributed by atoms with Crippen LogP contribution in [-0.2, 0) is 0 Å². The predicted molar refractivity (Wildman–Crippen MR) is 123 cm³/mol. The fraction of sp³-hybridized carbons (Fsp3) is 0.0833. The maximum atomic E-state index is 12.7. The molecule has 0 fully saturated rings. The van der Waals surface area contributed by atoms with Gasteiger partial charge in [0, 0.05) is 10.6 Å². The standard InChI is InChI=1S/C24H19NO7S/c1-32-21-8-3-2-7-18(21)20(26)13-33-16-6-4-5-15(12-16)25-22(27)17-10-9-14(23(28)29)11-19(17)24(30)31/h2-12H,13H2,1H3,(H,25,27)(H,28,29)(H,30,31). The fourth-order valence-electron chi connectivity index (χ4n) is 3.02. The minimum Gasteiger partial charge on any atom is -0.496 e. The molecule has 0 aliphatic heterocycles. The number of hydrogen-bond donors (Lipinski definition) is 3. The van der Waals surface area contributed by atoms with Gasteiger partial charge in [-0.3, -0.25) is 9.59 Å². The number of methoxy groups -OCH3 is 1. The van der Waals surface area contributed by atoms with E-state index in [4.69, 9.17) is 9.84 Å². The SMILES string of the molecule is COc1ccccc1C(=O)CSc1cccc(NC(=O)c2ccc(C(=O)O)cc2C(=O)O)c1. The number of para-hydroxylation sites is 1. The number of rotatable bonds is 9. The monoisotopic (exact) mass is 465 g/mol. The molecule has 0 radical (unpaired) electrons. The Kier molecular flexibility index (Phi) is 7.47. The Morgan fingerprint density at radius 2 is 1.61 bits per heavy atom. The highest BCUT2D eigenvalue weighted by molar-refractivity contribution is 8.00. The molecule has 0 aliphatic rings. The molecule has 3 aromatic carbocycles. The molecule has 0 bridgehead atoms. The van der Waals surface area contributed by atoms with Gasteiger partial charge in [-0.25, -0.2) is 9.59 Å². The molecule has 3 rings (SSSR count). The number of carboxylic acids is 2. The maximum absolute atomic E-state index is 12.7. The van der Waals surface area contributed by atoms with Gasteiger partial charge in [0.15, 0.2) is 5.78 Å². The Labute approximate surface area is 193 Å². The average Bonchev–Trinajstić information content (AvgIpc) is 2.82. The van der Waals surface area contributed by atoms with E-state index in [-0.39, 0.29) is 22.7 Å². The largest absolute Gasteiger partial charge is 0.496 e. The van der Waals surface area contributed by atoms with Gasteiger partial charge in [0.25, 0.3) is 5.91 Å². The van der Waals surface area contributed by atoms with Crippen LogP contribution in [0.5, 0.6) is 5.75 Å². The number of nitrogens with one attached hydrogen (secondary N) is 1. The van der Waals surface area contributed by atoms with Gasteiger partial charge in [-0.2, -0.15) is 0 Å². The van der Waals surface area contributed by atoms with Crippen LogP contribution in [0.4, 0.5) is 5.69 Å². The van der Waals surface area contributed by atoms with Crippen LogP contribution in [0.15, 0.2) is 71.6 Å². The molecule has 0 heterocycles. The number of hydrogen-bond acceptors (Lipinski definition) is 6. The van der Waals surface area contributed by atoms with E-state index in [1.54, 1.807) is 48.5 Å². The highest BCUT2D eigenvalue weighted by Crippen LogP contribution is 2.26. The number of carboxylic acid groups (broad SMARTS) is 2. The van der Waals surface area contributed by atoms with Gasteiger partial charge in [0.05, 0.1) is 35.1 Å². The minimum atomic E-state index is -1.41. The number of benzene rings is 3. The first-order valence-corrected chi connectivity index (χ1v) is 10.6. The molecule has 0 saturated carbocycles. The lowest BCUT2D eigenvalue weighted by atomic mass is 10.0. The zero-order valence-electron chi connectivity index (χ0n) is 17.4. The lowest BCUT2D eigenvalue weighted by molar-refractivity contribution is 0.0692. The van der Waals surface area contributed by atoms with E-state index in [0.29, 0.717) is 17.0 Å². The molecule has 0 unspecified atom stereocenters. The lowest BCUT2D eigenvalue weighted by Gasteiger charge is -2.10. The summed E-state index contributed by atoms with van der Waals surface area (Å²) in [5.74, 6) is -2.88.